The second kappa shape index (κ2) is 5.83. The fraction of sp³-hybridized carbons (Fsp3) is 0.143. The Morgan fingerprint density at radius 2 is 1.65 bits per heavy atom. The molecule has 106 valence electrons. The minimum atomic E-state index is -4.37. The fourth-order valence-electron chi connectivity index (χ4n) is 1.56. The maximum Gasteiger partial charge on any atom is 0.416 e. The van der Waals surface area contributed by atoms with Crippen LogP contribution in [0.4, 0.5) is 17.6 Å². The minimum absolute atomic E-state index is 0.0592. The van der Waals surface area contributed by atoms with Crippen molar-refractivity contribution in [1.29, 1.82) is 0 Å². The summed E-state index contributed by atoms with van der Waals surface area (Å²) >= 11 is 3.09. The molecule has 0 aliphatic rings. The van der Waals surface area contributed by atoms with Crippen LogP contribution in [-0.2, 0) is 12.8 Å². The quantitative estimate of drug-likeness (QED) is 0.694. The summed E-state index contributed by atoms with van der Waals surface area (Å²) < 4.78 is 56.0. The van der Waals surface area contributed by atoms with Crippen LogP contribution in [0.3, 0.4) is 0 Å². The molecule has 0 aliphatic carbocycles. The number of hydrogen-bond acceptors (Lipinski definition) is 1. The second-order valence-corrected chi connectivity index (χ2v) is 4.82. The van der Waals surface area contributed by atoms with Crippen molar-refractivity contribution < 1.29 is 22.3 Å². The molecule has 0 saturated carbocycles. The SMILES string of the molecule is Fc1cccc(COc2ccc(C(F)(F)F)cc2)c1Br. The highest BCUT2D eigenvalue weighted by molar-refractivity contribution is 9.10. The van der Waals surface area contributed by atoms with E-state index >= 15 is 0 Å². The van der Waals surface area contributed by atoms with Crippen LogP contribution in [0, 0.1) is 5.82 Å². The van der Waals surface area contributed by atoms with E-state index in [9.17, 15) is 17.6 Å². The smallest absolute Gasteiger partial charge is 0.416 e. The van der Waals surface area contributed by atoms with Gasteiger partial charge >= 0.3 is 6.18 Å². The Bertz CT molecular complexity index is 593. The second-order valence-electron chi connectivity index (χ2n) is 4.02. The molecule has 0 bridgehead atoms. The lowest BCUT2D eigenvalue weighted by atomic mass is 10.2. The number of benzene rings is 2. The van der Waals surface area contributed by atoms with Crippen LogP contribution in [0.5, 0.6) is 5.75 Å². The largest absolute Gasteiger partial charge is 0.489 e. The van der Waals surface area contributed by atoms with Crippen molar-refractivity contribution in [2.45, 2.75) is 12.8 Å². The lowest BCUT2D eigenvalue weighted by molar-refractivity contribution is -0.137. The highest BCUT2D eigenvalue weighted by atomic mass is 79.9. The van der Waals surface area contributed by atoms with Gasteiger partial charge in [-0.1, -0.05) is 12.1 Å². The molecule has 0 amide bonds. The average Bonchev–Trinajstić information content (AvgIpc) is 2.40. The number of hydrogen-bond donors (Lipinski definition) is 0. The molecule has 2 aromatic carbocycles. The molecule has 6 heteroatoms. The molecule has 0 heterocycles. The maximum absolute atomic E-state index is 13.3. The molecular formula is C14H9BrF4O. The summed E-state index contributed by atoms with van der Waals surface area (Å²) in [5.41, 5.74) is -0.165. The Labute approximate surface area is 121 Å². The maximum atomic E-state index is 13.3. The third kappa shape index (κ3) is 3.50. The summed E-state index contributed by atoms with van der Waals surface area (Å²) in [6.07, 6.45) is -4.37. The summed E-state index contributed by atoms with van der Waals surface area (Å²) in [5, 5.41) is 0. The van der Waals surface area contributed by atoms with Crippen LogP contribution in [0.1, 0.15) is 11.1 Å². The van der Waals surface area contributed by atoms with Gasteiger partial charge in [-0.2, -0.15) is 13.2 Å². The molecule has 0 aliphatic heterocycles. The molecule has 0 aromatic heterocycles. The van der Waals surface area contributed by atoms with E-state index in [1.165, 1.54) is 24.3 Å². The molecule has 0 spiro atoms. The van der Waals surface area contributed by atoms with Gasteiger partial charge in [-0.05, 0) is 46.3 Å². The zero-order chi connectivity index (χ0) is 14.8. The van der Waals surface area contributed by atoms with Crippen LogP contribution in [0.2, 0.25) is 0 Å². The molecule has 1 nitrogen and oxygen atoms in total. The van der Waals surface area contributed by atoms with E-state index in [4.69, 9.17) is 4.74 Å². The van der Waals surface area contributed by atoms with Gasteiger partial charge in [0.05, 0.1) is 10.0 Å². The highest BCUT2D eigenvalue weighted by Gasteiger charge is 2.29. The summed E-state index contributed by atoms with van der Waals surface area (Å²) in [6, 6.07) is 8.84. The first-order valence-electron chi connectivity index (χ1n) is 5.61. The molecule has 2 rings (SSSR count). The first-order valence-corrected chi connectivity index (χ1v) is 6.40. The zero-order valence-corrected chi connectivity index (χ0v) is 11.6. The van der Waals surface area contributed by atoms with Crippen molar-refractivity contribution in [2.75, 3.05) is 0 Å². The van der Waals surface area contributed by atoms with Gasteiger partial charge in [0.25, 0.3) is 0 Å². The van der Waals surface area contributed by atoms with E-state index in [1.807, 2.05) is 0 Å². The normalized spacial score (nSPS) is 11.4. The Morgan fingerprint density at radius 1 is 1.00 bits per heavy atom. The van der Waals surface area contributed by atoms with Gasteiger partial charge < -0.3 is 4.74 Å². The van der Waals surface area contributed by atoms with Gasteiger partial charge in [-0.25, -0.2) is 4.39 Å². The number of ether oxygens (including phenoxy) is 1. The monoisotopic (exact) mass is 348 g/mol. The van der Waals surface area contributed by atoms with Gasteiger partial charge in [0.15, 0.2) is 0 Å². The standard InChI is InChI=1S/C14H9BrF4O/c15-13-9(2-1-3-12(13)16)8-20-11-6-4-10(5-7-11)14(17,18)19/h1-7H,8H2. The van der Waals surface area contributed by atoms with E-state index in [1.54, 1.807) is 6.07 Å². The molecule has 0 radical (unpaired) electrons. The third-order valence-electron chi connectivity index (χ3n) is 2.61. The van der Waals surface area contributed by atoms with Gasteiger partial charge in [0, 0.05) is 5.56 Å². The first-order chi connectivity index (χ1) is 9.38. The molecule has 0 unspecified atom stereocenters. The van der Waals surface area contributed by atoms with Crippen LogP contribution >= 0.6 is 15.9 Å². The van der Waals surface area contributed by atoms with Gasteiger partial charge in [-0.3, -0.25) is 0 Å². The Kier molecular flexibility index (Phi) is 4.32. The van der Waals surface area contributed by atoms with Crippen molar-refractivity contribution >= 4 is 15.9 Å². The Balaban J connectivity index is 2.06. The number of alkyl halides is 3. The molecule has 2 aromatic rings. The van der Waals surface area contributed by atoms with Crippen molar-refractivity contribution in [3.05, 3.63) is 63.9 Å². The predicted octanol–water partition coefficient (Wildman–Crippen LogP) is 5.19. The molecule has 0 N–H and O–H groups in total. The van der Waals surface area contributed by atoms with Crippen LogP contribution in [-0.4, -0.2) is 0 Å². The van der Waals surface area contributed by atoms with Gasteiger partial charge in [-0.15, -0.1) is 0 Å². The average molecular weight is 349 g/mol. The van der Waals surface area contributed by atoms with E-state index in [2.05, 4.69) is 15.9 Å². The third-order valence-corrected chi connectivity index (χ3v) is 3.50. The van der Waals surface area contributed by atoms with Crippen molar-refractivity contribution in [2.24, 2.45) is 0 Å². The molecular weight excluding hydrogens is 340 g/mol. The van der Waals surface area contributed by atoms with E-state index < -0.39 is 17.6 Å². The van der Waals surface area contributed by atoms with Gasteiger partial charge in [0.1, 0.15) is 18.2 Å². The molecule has 0 atom stereocenters. The van der Waals surface area contributed by atoms with Gasteiger partial charge in [0.2, 0.25) is 0 Å². The Hall–Kier alpha value is -1.56. The lowest BCUT2D eigenvalue weighted by Crippen LogP contribution is -2.04. The summed E-state index contributed by atoms with van der Waals surface area (Å²) in [7, 11) is 0. The summed E-state index contributed by atoms with van der Waals surface area (Å²) in [5.74, 6) is -0.132. The summed E-state index contributed by atoms with van der Waals surface area (Å²) in [4.78, 5) is 0. The first kappa shape index (κ1) is 14.8. The van der Waals surface area contributed by atoms with E-state index in [0.29, 0.717) is 5.56 Å². The van der Waals surface area contributed by atoms with Crippen LogP contribution < -0.4 is 4.74 Å². The topological polar surface area (TPSA) is 9.23 Å². The summed E-state index contributed by atoms with van der Waals surface area (Å²) in [6.45, 7) is 0.0592. The van der Waals surface area contributed by atoms with Crippen molar-refractivity contribution in [3.63, 3.8) is 0 Å². The lowest BCUT2D eigenvalue weighted by Gasteiger charge is -2.10. The molecule has 20 heavy (non-hydrogen) atoms. The minimum Gasteiger partial charge on any atom is -0.489 e. The molecule has 0 fully saturated rings. The van der Waals surface area contributed by atoms with E-state index in [0.717, 1.165) is 12.1 Å². The van der Waals surface area contributed by atoms with Crippen LogP contribution in [0.15, 0.2) is 46.9 Å². The van der Waals surface area contributed by atoms with Crippen molar-refractivity contribution in [3.8, 4) is 5.75 Å². The zero-order valence-electron chi connectivity index (χ0n) is 10.0. The fourth-order valence-corrected chi connectivity index (χ4v) is 1.94. The number of rotatable bonds is 3. The van der Waals surface area contributed by atoms with E-state index in [-0.39, 0.29) is 16.8 Å². The van der Waals surface area contributed by atoms with Crippen molar-refractivity contribution in [1.82, 2.24) is 0 Å². The Morgan fingerprint density at radius 3 is 2.25 bits per heavy atom. The highest BCUT2D eigenvalue weighted by Crippen LogP contribution is 2.30. The molecule has 0 saturated heterocycles. The number of halogens is 5. The predicted molar refractivity (Wildman–Crippen MR) is 69.9 cm³/mol. The van der Waals surface area contributed by atoms with Crippen LogP contribution in [0.25, 0.3) is 0 Å².